The fourth-order valence-electron chi connectivity index (χ4n) is 9.13. The second-order valence-corrected chi connectivity index (χ2v) is 14.3. The van der Waals surface area contributed by atoms with Crippen LogP contribution in [0, 0.1) is 0 Å². The van der Waals surface area contributed by atoms with Gasteiger partial charge in [0.15, 0.2) is 0 Å². The lowest BCUT2D eigenvalue weighted by Gasteiger charge is -2.35. The van der Waals surface area contributed by atoms with Crippen molar-refractivity contribution < 1.29 is 4.42 Å². The third-order valence-corrected chi connectivity index (χ3v) is 11.4. The Hall–Kier alpha value is -7.23. The summed E-state index contributed by atoms with van der Waals surface area (Å²) in [6.45, 7) is 0. The SMILES string of the molecule is c1ccc(-c2ccccc2N(c2ccc3c(c2)C(c2ccccc2)(c2ccccc2)c2ccccc2-3)c2cccc3oc4c5ccncc5ccc4c23)cc1. The van der Waals surface area contributed by atoms with Crippen LogP contribution in [0.3, 0.4) is 0 Å². The van der Waals surface area contributed by atoms with Gasteiger partial charge in [0, 0.05) is 39.8 Å². The molecule has 0 spiro atoms. The molecule has 3 heteroatoms. The van der Waals surface area contributed by atoms with Gasteiger partial charge in [0.2, 0.25) is 0 Å². The maximum atomic E-state index is 6.75. The molecular weight excluding hydrogens is 669 g/mol. The molecule has 0 fully saturated rings. The predicted octanol–water partition coefficient (Wildman–Crippen LogP) is 13.6. The Bertz CT molecular complexity index is 3000. The van der Waals surface area contributed by atoms with E-state index in [1.165, 1.54) is 33.4 Å². The number of hydrogen-bond acceptors (Lipinski definition) is 3. The van der Waals surface area contributed by atoms with E-state index in [4.69, 9.17) is 4.42 Å². The number of hydrogen-bond donors (Lipinski definition) is 0. The number of fused-ring (bicyclic) bond motifs is 8. The predicted molar refractivity (Wildman–Crippen MR) is 226 cm³/mol. The molecule has 8 aromatic carbocycles. The van der Waals surface area contributed by atoms with E-state index < -0.39 is 5.41 Å². The van der Waals surface area contributed by atoms with Gasteiger partial charge in [0.25, 0.3) is 0 Å². The van der Waals surface area contributed by atoms with E-state index in [0.717, 1.165) is 60.9 Å². The summed E-state index contributed by atoms with van der Waals surface area (Å²) >= 11 is 0. The first-order valence-electron chi connectivity index (χ1n) is 18.8. The summed E-state index contributed by atoms with van der Waals surface area (Å²) in [5.74, 6) is 0. The second-order valence-electron chi connectivity index (χ2n) is 14.3. The van der Waals surface area contributed by atoms with Crippen LogP contribution in [0.5, 0.6) is 0 Å². The molecule has 0 N–H and O–H groups in total. The van der Waals surface area contributed by atoms with Crippen LogP contribution in [0.1, 0.15) is 22.3 Å². The zero-order valence-corrected chi connectivity index (χ0v) is 29.9. The van der Waals surface area contributed by atoms with Gasteiger partial charge in [-0.2, -0.15) is 0 Å². The minimum Gasteiger partial charge on any atom is -0.455 e. The molecule has 55 heavy (non-hydrogen) atoms. The van der Waals surface area contributed by atoms with E-state index in [0.29, 0.717) is 0 Å². The van der Waals surface area contributed by atoms with Crippen LogP contribution in [0.4, 0.5) is 17.1 Å². The van der Waals surface area contributed by atoms with Crippen LogP contribution in [0.25, 0.3) is 55.0 Å². The summed E-state index contributed by atoms with van der Waals surface area (Å²) in [5, 5.41) is 4.25. The van der Waals surface area contributed by atoms with Crippen molar-refractivity contribution in [3.63, 3.8) is 0 Å². The molecule has 0 radical (unpaired) electrons. The average molecular weight is 703 g/mol. The highest BCUT2D eigenvalue weighted by atomic mass is 16.3. The normalized spacial score (nSPS) is 12.9. The van der Waals surface area contributed by atoms with Crippen molar-refractivity contribution in [2.45, 2.75) is 5.41 Å². The zero-order valence-electron chi connectivity index (χ0n) is 29.9. The molecule has 0 saturated carbocycles. The molecule has 10 aromatic rings. The molecule has 2 aromatic heterocycles. The maximum Gasteiger partial charge on any atom is 0.143 e. The van der Waals surface area contributed by atoms with Crippen molar-refractivity contribution in [2.24, 2.45) is 0 Å². The lowest BCUT2D eigenvalue weighted by atomic mass is 9.67. The third-order valence-electron chi connectivity index (χ3n) is 11.4. The second kappa shape index (κ2) is 12.4. The lowest BCUT2D eigenvalue weighted by Crippen LogP contribution is -2.28. The third kappa shape index (κ3) is 4.66. The van der Waals surface area contributed by atoms with Gasteiger partial charge in [-0.05, 0) is 81.4 Å². The van der Waals surface area contributed by atoms with E-state index in [2.05, 4.69) is 198 Å². The first-order valence-corrected chi connectivity index (χ1v) is 18.8. The Morgan fingerprint density at radius 1 is 0.473 bits per heavy atom. The minimum atomic E-state index is -0.531. The summed E-state index contributed by atoms with van der Waals surface area (Å²) in [5.41, 5.74) is 14.2. The quantitative estimate of drug-likeness (QED) is 0.173. The number of rotatable bonds is 6. The Kier molecular flexibility index (Phi) is 7.08. The van der Waals surface area contributed by atoms with Gasteiger partial charge in [0.05, 0.1) is 22.2 Å². The number of aromatic nitrogens is 1. The maximum absolute atomic E-state index is 6.75. The summed E-state index contributed by atoms with van der Waals surface area (Å²) in [7, 11) is 0. The molecule has 258 valence electrons. The molecule has 0 bridgehead atoms. The van der Waals surface area contributed by atoms with Gasteiger partial charge in [-0.25, -0.2) is 0 Å². The molecule has 0 aliphatic heterocycles. The van der Waals surface area contributed by atoms with Crippen molar-refractivity contribution in [1.82, 2.24) is 4.98 Å². The van der Waals surface area contributed by atoms with Crippen LogP contribution in [0.2, 0.25) is 0 Å². The first-order chi connectivity index (χ1) is 27.3. The number of nitrogens with zero attached hydrogens (tertiary/aromatic N) is 2. The summed E-state index contributed by atoms with van der Waals surface area (Å²) in [6, 6.07) is 70.3. The fraction of sp³-hybridized carbons (Fsp3) is 0.0192. The molecule has 11 rings (SSSR count). The smallest absolute Gasteiger partial charge is 0.143 e. The highest BCUT2D eigenvalue weighted by Gasteiger charge is 2.46. The number of pyridine rings is 1. The molecule has 0 atom stereocenters. The molecule has 1 aliphatic rings. The molecular formula is C52H34N2O. The van der Waals surface area contributed by atoms with Crippen molar-refractivity contribution in [3.8, 4) is 22.3 Å². The molecule has 2 heterocycles. The molecule has 3 nitrogen and oxygen atoms in total. The monoisotopic (exact) mass is 702 g/mol. The van der Waals surface area contributed by atoms with Crippen molar-refractivity contribution in [2.75, 3.05) is 4.90 Å². The topological polar surface area (TPSA) is 29.3 Å². The van der Waals surface area contributed by atoms with Crippen LogP contribution in [0.15, 0.2) is 211 Å². The van der Waals surface area contributed by atoms with Crippen LogP contribution < -0.4 is 4.90 Å². The summed E-state index contributed by atoms with van der Waals surface area (Å²) in [6.07, 6.45) is 3.74. The minimum absolute atomic E-state index is 0.531. The van der Waals surface area contributed by atoms with Crippen LogP contribution in [-0.2, 0) is 5.41 Å². The Morgan fingerprint density at radius 2 is 1.13 bits per heavy atom. The highest BCUT2D eigenvalue weighted by molar-refractivity contribution is 6.19. The van der Waals surface area contributed by atoms with Crippen LogP contribution in [-0.4, -0.2) is 4.98 Å². The average Bonchev–Trinajstić information content (AvgIpc) is 3.80. The first kappa shape index (κ1) is 31.3. The Balaban J connectivity index is 1.25. The Labute approximate surface area is 319 Å². The van der Waals surface area contributed by atoms with Gasteiger partial charge in [-0.1, -0.05) is 152 Å². The largest absolute Gasteiger partial charge is 0.455 e. The standard InChI is InChI=1S/C52H34N2O/c1-4-15-35(16-5-1)40-21-11-13-24-47(40)54(48-25-14-26-49-50(48)44-29-27-36-34-53-32-31-41(36)51(44)55-49)39-28-30-43-42-22-10-12-23-45(42)52(46(43)33-39,37-17-6-2-7-18-37)38-19-8-3-9-20-38/h1-34H. The number of para-hydroxylation sites is 1. The zero-order chi connectivity index (χ0) is 36.3. The lowest BCUT2D eigenvalue weighted by molar-refractivity contribution is 0.672. The number of furan rings is 1. The van der Waals surface area contributed by atoms with Gasteiger partial charge in [0.1, 0.15) is 11.2 Å². The van der Waals surface area contributed by atoms with Gasteiger partial charge >= 0.3 is 0 Å². The van der Waals surface area contributed by atoms with Gasteiger partial charge < -0.3 is 9.32 Å². The highest BCUT2D eigenvalue weighted by Crippen LogP contribution is 2.58. The molecule has 1 aliphatic carbocycles. The fourth-order valence-corrected chi connectivity index (χ4v) is 9.13. The van der Waals surface area contributed by atoms with Crippen molar-refractivity contribution >= 4 is 49.8 Å². The molecule has 0 unspecified atom stereocenters. The van der Waals surface area contributed by atoms with E-state index in [1.807, 2.05) is 18.5 Å². The van der Waals surface area contributed by atoms with Crippen molar-refractivity contribution in [1.29, 1.82) is 0 Å². The molecule has 0 saturated heterocycles. The van der Waals surface area contributed by atoms with E-state index in [1.54, 1.807) is 0 Å². The summed E-state index contributed by atoms with van der Waals surface area (Å²) in [4.78, 5) is 6.83. The number of anilines is 3. The van der Waals surface area contributed by atoms with Crippen LogP contribution >= 0.6 is 0 Å². The molecule has 0 amide bonds. The number of benzene rings is 8. The van der Waals surface area contributed by atoms with E-state index in [-0.39, 0.29) is 0 Å². The van der Waals surface area contributed by atoms with E-state index >= 15 is 0 Å². The summed E-state index contributed by atoms with van der Waals surface area (Å²) < 4.78 is 6.75. The van der Waals surface area contributed by atoms with E-state index in [9.17, 15) is 0 Å². The Morgan fingerprint density at radius 3 is 1.91 bits per heavy atom. The van der Waals surface area contributed by atoms with Crippen molar-refractivity contribution in [3.05, 3.63) is 229 Å². The van der Waals surface area contributed by atoms with Gasteiger partial charge in [-0.3, -0.25) is 4.98 Å². The van der Waals surface area contributed by atoms with Gasteiger partial charge in [-0.15, -0.1) is 0 Å².